The van der Waals surface area contributed by atoms with Gasteiger partial charge in [0.15, 0.2) is 0 Å². The molecule has 2 aromatic carbocycles. The summed E-state index contributed by atoms with van der Waals surface area (Å²) in [5.41, 5.74) is 3.19. The van der Waals surface area contributed by atoms with E-state index in [1.54, 1.807) is 7.11 Å². The van der Waals surface area contributed by atoms with E-state index in [-0.39, 0.29) is 5.91 Å². The third-order valence-corrected chi connectivity index (χ3v) is 3.88. The van der Waals surface area contributed by atoms with Gasteiger partial charge < -0.3 is 10.1 Å². The van der Waals surface area contributed by atoms with Crippen molar-refractivity contribution in [1.82, 2.24) is 10.3 Å². The van der Waals surface area contributed by atoms with E-state index in [0.29, 0.717) is 12.1 Å². The third kappa shape index (κ3) is 3.23. The summed E-state index contributed by atoms with van der Waals surface area (Å²) in [4.78, 5) is 17.2. The molecule has 0 aliphatic rings. The Labute approximate surface area is 141 Å². The number of carbonyl (C=O) groups is 1. The molecule has 24 heavy (non-hydrogen) atoms. The van der Waals surface area contributed by atoms with Crippen LogP contribution in [0.2, 0.25) is 0 Å². The molecule has 4 heteroatoms. The van der Waals surface area contributed by atoms with Gasteiger partial charge in [-0.05, 0) is 42.8 Å². The van der Waals surface area contributed by atoms with Crippen LogP contribution in [0, 0.1) is 0 Å². The van der Waals surface area contributed by atoms with Crippen molar-refractivity contribution in [3.8, 4) is 17.0 Å². The smallest absolute Gasteiger partial charge is 0.252 e. The summed E-state index contributed by atoms with van der Waals surface area (Å²) in [7, 11) is 1.64. The van der Waals surface area contributed by atoms with Crippen LogP contribution in [-0.2, 0) is 0 Å². The van der Waals surface area contributed by atoms with Crippen LogP contribution >= 0.6 is 0 Å². The number of hydrogen-bond acceptors (Lipinski definition) is 3. The Morgan fingerprint density at radius 3 is 2.58 bits per heavy atom. The zero-order valence-electron chi connectivity index (χ0n) is 13.9. The Morgan fingerprint density at radius 2 is 1.88 bits per heavy atom. The van der Waals surface area contributed by atoms with Crippen LogP contribution in [0.1, 0.15) is 23.7 Å². The summed E-state index contributed by atoms with van der Waals surface area (Å²) < 4.78 is 5.20. The molecule has 0 saturated carbocycles. The first kappa shape index (κ1) is 16.0. The highest BCUT2D eigenvalue weighted by atomic mass is 16.5. The maximum absolute atomic E-state index is 12.5. The van der Waals surface area contributed by atoms with Gasteiger partial charge in [0.25, 0.3) is 5.91 Å². The van der Waals surface area contributed by atoms with Gasteiger partial charge in [-0.2, -0.15) is 0 Å². The third-order valence-electron chi connectivity index (χ3n) is 3.88. The predicted molar refractivity (Wildman–Crippen MR) is 96.4 cm³/mol. The Balaban J connectivity index is 2.10. The number of fused-ring (bicyclic) bond motifs is 1. The summed E-state index contributed by atoms with van der Waals surface area (Å²) in [6.07, 6.45) is 0.903. The zero-order valence-corrected chi connectivity index (χ0v) is 13.9. The van der Waals surface area contributed by atoms with Gasteiger partial charge in [-0.15, -0.1) is 0 Å². The van der Waals surface area contributed by atoms with Gasteiger partial charge >= 0.3 is 0 Å². The fraction of sp³-hybridized carbons (Fsp3) is 0.200. The van der Waals surface area contributed by atoms with Crippen LogP contribution in [0.25, 0.3) is 22.2 Å². The molecule has 0 aliphatic heterocycles. The van der Waals surface area contributed by atoms with Gasteiger partial charge in [0.1, 0.15) is 5.75 Å². The first-order valence-electron chi connectivity index (χ1n) is 8.05. The molecule has 0 bridgehead atoms. The lowest BCUT2D eigenvalue weighted by Gasteiger charge is -2.10. The van der Waals surface area contributed by atoms with Crippen LogP contribution in [-0.4, -0.2) is 24.5 Å². The van der Waals surface area contributed by atoms with Crippen LogP contribution in [0.3, 0.4) is 0 Å². The van der Waals surface area contributed by atoms with E-state index in [9.17, 15) is 4.79 Å². The normalized spacial score (nSPS) is 10.6. The first-order chi connectivity index (χ1) is 11.7. The average molecular weight is 320 g/mol. The Kier molecular flexibility index (Phi) is 4.75. The van der Waals surface area contributed by atoms with Crippen LogP contribution in [0.5, 0.6) is 5.75 Å². The van der Waals surface area contributed by atoms with Crippen molar-refractivity contribution in [2.24, 2.45) is 0 Å². The number of amides is 1. The van der Waals surface area contributed by atoms with Gasteiger partial charge in [0, 0.05) is 17.5 Å². The Morgan fingerprint density at radius 1 is 1.12 bits per heavy atom. The number of pyridine rings is 1. The number of methoxy groups -OCH3 is 1. The molecule has 3 rings (SSSR count). The molecule has 0 unspecified atom stereocenters. The molecule has 0 saturated heterocycles. The molecule has 122 valence electrons. The summed E-state index contributed by atoms with van der Waals surface area (Å²) in [5.74, 6) is 0.727. The topological polar surface area (TPSA) is 51.2 Å². The zero-order chi connectivity index (χ0) is 16.9. The minimum absolute atomic E-state index is 0.0646. The number of rotatable bonds is 5. The molecular formula is C20H20N2O2. The number of hydrogen-bond donors (Lipinski definition) is 1. The van der Waals surface area contributed by atoms with E-state index >= 15 is 0 Å². The second-order valence-electron chi connectivity index (χ2n) is 5.56. The van der Waals surface area contributed by atoms with Crippen molar-refractivity contribution in [1.29, 1.82) is 0 Å². The van der Waals surface area contributed by atoms with E-state index in [4.69, 9.17) is 9.72 Å². The van der Waals surface area contributed by atoms with Crippen molar-refractivity contribution in [3.05, 3.63) is 60.2 Å². The number of ether oxygens (including phenoxy) is 1. The minimum Gasteiger partial charge on any atom is -0.497 e. The van der Waals surface area contributed by atoms with Crippen molar-refractivity contribution in [3.63, 3.8) is 0 Å². The fourth-order valence-corrected chi connectivity index (χ4v) is 2.61. The quantitative estimate of drug-likeness (QED) is 0.771. The lowest BCUT2D eigenvalue weighted by atomic mass is 10.0. The standard InChI is InChI=1S/C20H20N2O2/c1-3-12-21-20(23)17-13-19(14-8-10-15(24-2)11-9-14)22-18-7-5-4-6-16(17)18/h4-11,13H,3,12H2,1-2H3,(H,21,23). The highest BCUT2D eigenvalue weighted by molar-refractivity contribution is 6.07. The number of aromatic nitrogens is 1. The molecule has 3 aromatic rings. The van der Waals surface area contributed by atoms with Gasteiger partial charge in [-0.25, -0.2) is 4.98 Å². The molecule has 0 aliphatic carbocycles. The van der Waals surface area contributed by atoms with Crippen LogP contribution < -0.4 is 10.1 Å². The van der Waals surface area contributed by atoms with Crippen LogP contribution in [0.15, 0.2) is 54.6 Å². The van der Waals surface area contributed by atoms with Crippen molar-refractivity contribution < 1.29 is 9.53 Å². The van der Waals surface area contributed by atoms with Gasteiger partial charge in [-0.1, -0.05) is 25.1 Å². The number of benzene rings is 2. The second-order valence-corrected chi connectivity index (χ2v) is 5.56. The van der Waals surface area contributed by atoms with Gasteiger partial charge in [0.2, 0.25) is 0 Å². The van der Waals surface area contributed by atoms with E-state index in [0.717, 1.165) is 34.3 Å². The molecule has 4 nitrogen and oxygen atoms in total. The lowest BCUT2D eigenvalue weighted by molar-refractivity contribution is 0.0955. The monoisotopic (exact) mass is 320 g/mol. The molecule has 0 atom stereocenters. The molecule has 0 spiro atoms. The summed E-state index contributed by atoms with van der Waals surface area (Å²) in [6.45, 7) is 2.70. The summed E-state index contributed by atoms with van der Waals surface area (Å²) in [6, 6.07) is 17.3. The lowest BCUT2D eigenvalue weighted by Crippen LogP contribution is -2.24. The number of nitrogens with zero attached hydrogens (tertiary/aromatic N) is 1. The number of para-hydroxylation sites is 1. The molecule has 1 heterocycles. The number of nitrogens with one attached hydrogen (secondary N) is 1. The van der Waals surface area contributed by atoms with E-state index in [1.165, 1.54) is 0 Å². The first-order valence-corrected chi connectivity index (χ1v) is 8.05. The molecule has 1 aromatic heterocycles. The molecule has 1 amide bonds. The molecular weight excluding hydrogens is 300 g/mol. The van der Waals surface area contributed by atoms with Crippen molar-refractivity contribution in [2.75, 3.05) is 13.7 Å². The van der Waals surface area contributed by atoms with Gasteiger partial charge in [-0.3, -0.25) is 4.79 Å². The minimum atomic E-state index is -0.0646. The molecule has 0 radical (unpaired) electrons. The fourth-order valence-electron chi connectivity index (χ4n) is 2.61. The summed E-state index contributed by atoms with van der Waals surface area (Å²) >= 11 is 0. The SMILES string of the molecule is CCCNC(=O)c1cc(-c2ccc(OC)cc2)nc2ccccc12. The second kappa shape index (κ2) is 7.13. The van der Waals surface area contributed by atoms with Crippen molar-refractivity contribution in [2.45, 2.75) is 13.3 Å². The highest BCUT2D eigenvalue weighted by Crippen LogP contribution is 2.26. The van der Waals surface area contributed by atoms with Gasteiger partial charge in [0.05, 0.1) is 23.9 Å². The highest BCUT2D eigenvalue weighted by Gasteiger charge is 2.13. The summed E-state index contributed by atoms with van der Waals surface area (Å²) in [5, 5.41) is 3.82. The maximum Gasteiger partial charge on any atom is 0.252 e. The van der Waals surface area contributed by atoms with E-state index in [1.807, 2.05) is 61.5 Å². The van der Waals surface area contributed by atoms with E-state index in [2.05, 4.69) is 5.32 Å². The van der Waals surface area contributed by atoms with E-state index < -0.39 is 0 Å². The Bertz CT molecular complexity index is 857. The molecule has 1 N–H and O–H groups in total. The average Bonchev–Trinajstić information content (AvgIpc) is 2.65. The predicted octanol–water partition coefficient (Wildman–Crippen LogP) is 4.05. The number of carbonyl (C=O) groups excluding carboxylic acids is 1. The molecule has 0 fully saturated rings. The largest absolute Gasteiger partial charge is 0.497 e. The van der Waals surface area contributed by atoms with Crippen LogP contribution in [0.4, 0.5) is 0 Å². The maximum atomic E-state index is 12.5. The van der Waals surface area contributed by atoms with Crippen molar-refractivity contribution >= 4 is 16.8 Å². The Hall–Kier alpha value is -2.88.